The summed E-state index contributed by atoms with van der Waals surface area (Å²) in [7, 11) is -3.72. The lowest BCUT2D eigenvalue weighted by atomic mass is 9.89. The number of nitrogens with one attached hydrogen (secondary N) is 2. The minimum Gasteiger partial charge on any atom is -0.324 e. The Balaban J connectivity index is 2.47. The number of benzene rings is 1. The van der Waals surface area contributed by atoms with Crippen LogP contribution >= 0.6 is 11.6 Å². The number of hydrogen-bond donors (Lipinski definition) is 2. The van der Waals surface area contributed by atoms with Crippen LogP contribution in [0.15, 0.2) is 23.1 Å². The summed E-state index contributed by atoms with van der Waals surface area (Å²) < 4.78 is 27.9. The highest BCUT2D eigenvalue weighted by molar-refractivity contribution is 7.89. The van der Waals surface area contributed by atoms with Gasteiger partial charge in [0.05, 0.1) is 22.0 Å². The third-order valence-electron chi connectivity index (χ3n) is 5.50. The largest absolute Gasteiger partial charge is 0.324 e. The highest BCUT2D eigenvalue weighted by Gasteiger charge is 2.24. The van der Waals surface area contributed by atoms with Crippen LogP contribution in [-0.2, 0) is 19.6 Å². The van der Waals surface area contributed by atoms with E-state index in [0.29, 0.717) is 6.54 Å². The molecule has 33 heavy (non-hydrogen) atoms. The maximum absolute atomic E-state index is 12.6. The molecule has 0 bridgehead atoms. The molecule has 0 aliphatic carbocycles. The van der Waals surface area contributed by atoms with Crippen LogP contribution in [0.1, 0.15) is 98.3 Å². The molecule has 1 rings (SSSR count). The SMILES string of the molecule is CCCCCCCCCCCCNS(=O)(=O)c1ccc(Cl)c(NC(=O)CC(=O)C(C)(C)C)c1. The fourth-order valence-electron chi connectivity index (χ4n) is 3.28. The first-order valence-corrected chi connectivity index (χ1v) is 14.0. The zero-order valence-electron chi connectivity index (χ0n) is 20.6. The molecule has 6 nitrogen and oxygen atoms in total. The Labute approximate surface area is 205 Å². The molecule has 0 aliphatic heterocycles. The van der Waals surface area contributed by atoms with Gasteiger partial charge in [-0.05, 0) is 24.6 Å². The quantitative estimate of drug-likeness (QED) is 0.200. The second-order valence-corrected chi connectivity index (χ2v) is 11.8. The number of amides is 1. The first kappa shape index (κ1) is 29.6. The van der Waals surface area contributed by atoms with Crippen LogP contribution in [0.3, 0.4) is 0 Å². The minimum atomic E-state index is -3.72. The van der Waals surface area contributed by atoms with E-state index < -0.39 is 21.3 Å². The number of carbonyl (C=O) groups excluding carboxylic acids is 2. The third-order valence-corrected chi connectivity index (χ3v) is 7.29. The molecular weight excluding hydrogens is 460 g/mol. The number of hydrogen-bond acceptors (Lipinski definition) is 4. The van der Waals surface area contributed by atoms with Gasteiger partial charge in [-0.15, -0.1) is 0 Å². The van der Waals surface area contributed by atoms with Gasteiger partial charge in [-0.2, -0.15) is 0 Å². The van der Waals surface area contributed by atoms with E-state index in [9.17, 15) is 18.0 Å². The second kappa shape index (κ2) is 14.7. The highest BCUT2D eigenvalue weighted by Crippen LogP contribution is 2.26. The molecule has 0 spiro atoms. The van der Waals surface area contributed by atoms with Gasteiger partial charge >= 0.3 is 0 Å². The lowest BCUT2D eigenvalue weighted by Crippen LogP contribution is -2.26. The topological polar surface area (TPSA) is 92.3 Å². The van der Waals surface area contributed by atoms with E-state index >= 15 is 0 Å². The average molecular weight is 501 g/mol. The summed E-state index contributed by atoms with van der Waals surface area (Å²) in [6.07, 6.45) is 11.5. The summed E-state index contributed by atoms with van der Waals surface area (Å²) in [5.41, 5.74) is -0.463. The zero-order chi connectivity index (χ0) is 24.9. The Morgan fingerprint density at radius 2 is 1.45 bits per heavy atom. The molecule has 0 atom stereocenters. The molecule has 1 aromatic carbocycles. The van der Waals surface area contributed by atoms with Crippen molar-refractivity contribution in [3.05, 3.63) is 23.2 Å². The smallest absolute Gasteiger partial charge is 0.240 e. The first-order chi connectivity index (χ1) is 15.5. The highest BCUT2D eigenvalue weighted by atomic mass is 35.5. The van der Waals surface area contributed by atoms with Crippen molar-refractivity contribution in [3.8, 4) is 0 Å². The molecule has 0 fully saturated rings. The van der Waals surface area contributed by atoms with Crippen LogP contribution in [0, 0.1) is 5.41 Å². The Morgan fingerprint density at radius 3 is 2.00 bits per heavy atom. The molecule has 0 aromatic heterocycles. The van der Waals surface area contributed by atoms with Crippen molar-refractivity contribution in [1.29, 1.82) is 0 Å². The van der Waals surface area contributed by atoms with E-state index in [1.54, 1.807) is 20.8 Å². The lowest BCUT2D eigenvalue weighted by molar-refractivity contribution is -0.130. The van der Waals surface area contributed by atoms with Crippen LogP contribution in [0.25, 0.3) is 0 Å². The maximum atomic E-state index is 12.6. The molecule has 8 heteroatoms. The van der Waals surface area contributed by atoms with E-state index in [1.165, 1.54) is 63.1 Å². The lowest BCUT2D eigenvalue weighted by Gasteiger charge is -2.16. The number of halogens is 1. The van der Waals surface area contributed by atoms with Crippen LogP contribution in [0.2, 0.25) is 5.02 Å². The van der Waals surface area contributed by atoms with Crippen LogP contribution in [-0.4, -0.2) is 26.7 Å². The fraction of sp³-hybridized carbons (Fsp3) is 0.680. The number of ketones is 1. The maximum Gasteiger partial charge on any atom is 0.240 e. The van der Waals surface area contributed by atoms with E-state index in [1.807, 2.05) is 0 Å². The molecule has 1 aromatic rings. The molecule has 0 saturated carbocycles. The summed E-state index contributed by atoms with van der Waals surface area (Å²) in [5, 5.41) is 2.76. The number of Topliss-reactive ketones (excluding diaryl/α,β-unsaturated/α-hetero) is 1. The van der Waals surface area contributed by atoms with Gasteiger partial charge in [-0.1, -0.05) is 97.1 Å². The summed E-state index contributed by atoms with van der Waals surface area (Å²) in [6, 6.07) is 4.15. The fourth-order valence-corrected chi connectivity index (χ4v) is 4.54. The van der Waals surface area contributed by atoms with Gasteiger partial charge in [0, 0.05) is 12.0 Å². The Bertz CT molecular complexity index is 864. The normalized spacial score (nSPS) is 12.0. The summed E-state index contributed by atoms with van der Waals surface area (Å²) in [5.74, 6) is -0.734. The monoisotopic (exact) mass is 500 g/mol. The third kappa shape index (κ3) is 12.0. The Hall–Kier alpha value is -1.44. The number of anilines is 1. The molecule has 0 aliphatic rings. The molecule has 2 N–H and O–H groups in total. The van der Waals surface area contributed by atoms with Crippen LogP contribution < -0.4 is 10.0 Å². The molecule has 0 heterocycles. The van der Waals surface area contributed by atoms with E-state index in [0.717, 1.165) is 19.3 Å². The molecule has 0 radical (unpaired) electrons. The predicted octanol–water partition coefficient (Wildman–Crippen LogP) is 6.48. The van der Waals surface area contributed by atoms with Crippen LogP contribution in [0.4, 0.5) is 5.69 Å². The number of sulfonamides is 1. The zero-order valence-corrected chi connectivity index (χ0v) is 22.2. The van der Waals surface area contributed by atoms with Crippen LogP contribution in [0.5, 0.6) is 0 Å². The van der Waals surface area contributed by atoms with Gasteiger partial charge in [-0.3, -0.25) is 9.59 Å². The molecule has 1 amide bonds. The molecule has 0 unspecified atom stereocenters. The number of carbonyl (C=O) groups is 2. The van der Waals surface area contributed by atoms with Crippen molar-refractivity contribution in [2.45, 2.75) is 103 Å². The Kier molecular flexibility index (Phi) is 13.2. The van der Waals surface area contributed by atoms with Crippen molar-refractivity contribution in [2.24, 2.45) is 5.41 Å². The molecule has 0 saturated heterocycles. The molecule has 188 valence electrons. The predicted molar refractivity (Wildman–Crippen MR) is 136 cm³/mol. The summed E-state index contributed by atoms with van der Waals surface area (Å²) in [4.78, 5) is 24.3. The number of unbranched alkanes of at least 4 members (excludes halogenated alkanes) is 9. The van der Waals surface area contributed by atoms with Gasteiger partial charge in [0.1, 0.15) is 5.78 Å². The van der Waals surface area contributed by atoms with E-state index in [-0.39, 0.29) is 27.8 Å². The first-order valence-electron chi connectivity index (χ1n) is 12.1. The second-order valence-electron chi connectivity index (χ2n) is 9.62. The van der Waals surface area contributed by atoms with Crippen molar-refractivity contribution in [3.63, 3.8) is 0 Å². The average Bonchev–Trinajstić information content (AvgIpc) is 2.72. The number of rotatable bonds is 16. The summed E-state index contributed by atoms with van der Waals surface area (Å²) in [6.45, 7) is 7.80. The van der Waals surface area contributed by atoms with Gasteiger partial charge in [0.15, 0.2) is 0 Å². The Morgan fingerprint density at radius 1 is 0.909 bits per heavy atom. The van der Waals surface area contributed by atoms with Gasteiger partial charge in [-0.25, -0.2) is 13.1 Å². The van der Waals surface area contributed by atoms with Gasteiger partial charge < -0.3 is 5.32 Å². The van der Waals surface area contributed by atoms with Crippen molar-refractivity contribution >= 4 is 39.0 Å². The van der Waals surface area contributed by atoms with Crippen molar-refractivity contribution in [2.75, 3.05) is 11.9 Å². The van der Waals surface area contributed by atoms with E-state index in [2.05, 4.69) is 17.0 Å². The van der Waals surface area contributed by atoms with Gasteiger partial charge in [0.25, 0.3) is 0 Å². The standard InChI is InChI=1S/C25H41ClN2O4S/c1-5-6-7-8-9-10-11-12-13-14-17-27-33(31,32)20-15-16-21(26)22(18-20)28-24(30)19-23(29)25(2,3)4/h15-16,18,27H,5-14,17,19H2,1-4H3,(H,28,30). The van der Waals surface area contributed by atoms with Crippen molar-refractivity contribution < 1.29 is 18.0 Å². The molecular formula is C25H41ClN2O4S. The summed E-state index contributed by atoms with van der Waals surface area (Å²) >= 11 is 6.12. The van der Waals surface area contributed by atoms with E-state index in [4.69, 9.17) is 11.6 Å². The minimum absolute atomic E-state index is 0.0245. The van der Waals surface area contributed by atoms with Gasteiger partial charge in [0.2, 0.25) is 15.9 Å². The van der Waals surface area contributed by atoms with Crippen molar-refractivity contribution in [1.82, 2.24) is 4.72 Å².